The minimum absolute atomic E-state index is 0.0627. The minimum atomic E-state index is -0.833. The van der Waals surface area contributed by atoms with E-state index in [-0.39, 0.29) is 12.5 Å². The molecule has 0 unspecified atom stereocenters. The van der Waals surface area contributed by atoms with Gasteiger partial charge in [0.2, 0.25) is 0 Å². The molecule has 1 atom stereocenters. The third kappa shape index (κ3) is 7.92. The van der Waals surface area contributed by atoms with Crippen molar-refractivity contribution in [3.05, 3.63) is 65.2 Å². The Morgan fingerprint density at radius 2 is 1.81 bits per heavy atom. The Kier molecular flexibility index (Phi) is 9.61. The normalized spacial score (nSPS) is 11.0. The zero-order chi connectivity index (χ0) is 20.2. The Morgan fingerprint density at radius 1 is 1.15 bits per heavy atom. The second kappa shape index (κ2) is 11.7. The number of nitrogens with one attached hydrogen (secondary N) is 1. The van der Waals surface area contributed by atoms with Gasteiger partial charge in [-0.1, -0.05) is 55.5 Å². The third-order valence-electron chi connectivity index (χ3n) is 3.88. The van der Waals surface area contributed by atoms with Gasteiger partial charge in [0, 0.05) is 5.69 Å². The molecule has 2 aromatic rings. The predicted molar refractivity (Wildman–Crippen MR) is 107 cm³/mol. The number of carboxylic acids is 1. The molecule has 146 valence electrons. The number of aryl methyl sites for hydroxylation is 2. The molecule has 0 saturated heterocycles. The van der Waals surface area contributed by atoms with Gasteiger partial charge in [-0.2, -0.15) is 0 Å². The molecule has 0 aromatic heterocycles. The number of hydrogen-bond acceptors (Lipinski definition) is 5. The number of esters is 1. The minimum Gasteiger partial charge on any atom is -0.480 e. The summed E-state index contributed by atoms with van der Waals surface area (Å²) < 4.78 is 4.81. The number of anilines is 1. The van der Waals surface area contributed by atoms with E-state index in [4.69, 9.17) is 15.6 Å². The molecule has 2 rings (SSSR count). The lowest BCUT2D eigenvalue weighted by Gasteiger charge is -2.16. The molecule has 6 heteroatoms. The van der Waals surface area contributed by atoms with Crippen LogP contribution in [0.3, 0.4) is 0 Å². The zero-order valence-electron chi connectivity index (χ0n) is 16.1. The fraction of sp³-hybridized carbons (Fsp3) is 0.333. The average molecular weight is 372 g/mol. The Labute approximate surface area is 160 Å². The van der Waals surface area contributed by atoms with Crippen LogP contribution in [0.25, 0.3) is 0 Å². The van der Waals surface area contributed by atoms with Gasteiger partial charge in [-0.15, -0.1) is 0 Å². The third-order valence-corrected chi connectivity index (χ3v) is 3.88. The van der Waals surface area contributed by atoms with Crippen molar-refractivity contribution in [3.8, 4) is 0 Å². The maximum atomic E-state index is 10.8. The lowest BCUT2D eigenvalue weighted by Crippen LogP contribution is -2.26. The van der Waals surface area contributed by atoms with Gasteiger partial charge in [-0.3, -0.25) is 9.59 Å². The van der Waals surface area contributed by atoms with Crippen LogP contribution in [0.2, 0.25) is 0 Å². The number of benzene rings is 2. The number of rotatable bonds is 7. The summed E-state index contributed by atoms with van der Waals surface area (Å²) in [4.78, 5) is 21.4. The number of carboxylic acid groups (broad SMARTS) is 1. The maximum Gasteiger partial charge on any atom is 0.325 e. The number of carbonyl (C=O) groups excluding carboxylic acids is 1. The second-order valence-corrected chi connectivity index (χ2v) is 6.02. The van der Waals surface area contributed by atoms with Crippen LogP contribution in [0.4, 0.5) is 5.69 Å². The molecule has 4 N–H and O–H groups in total. The van der Waals surface area contributed by atoms with E-state index in [2.05, 4.69) is 12.2 Å². The number of ether oxygens (including phenoxy) is 1. The van der Waals surface area contributed by atoms with Crippen molar-refractivity contribution < 1.29 is 19.4 Å². The molecule has 6 nitrogen and oxygen atoms in total. The first kappa shape index (κ1) is 22.2. The highest BCUT2D eigenvalue weighted by molar-refractivity contribution is 5.77. The largest absolute Gasteiger partial charge is 0.480 e. The van der Waals surface area contributed by atoms with E-state index in [0.29, 0.717) is 6.61 Å². The molecule has 0 radical (unpaired) electrons. The molecule has 27 heavy (non-hydrogen) atoms. The van der Waals surface area contributed by atoms with Gasteiger partial charge in [0.25, 0.3) is 0 Å². The summed E-state index contributed by atoms with van der Waals surface area (Å²) in [7, 11) is 0. The fourth-order valence-electron chi connectivity index (χ4n) is 2.30. The van der Waals surface area contributed by atoms with Crippen LogP contribution in [0.1, 0.15) is 30.5 Å². The molecule has 0 aliphatic carbocycles. The summed E-state index contributed by atoms with van der Waals surface area (Å²) in [5.41, 5.74) is 9.23. The van der Waals surface area contributed by atoms with Crippen LogP contribution in [0.15, 0.2) is 48.5 Å². The van der Waals surface area contributed by atoms with E-state index < -0.39 is 12.0 Å². The van der Waals surface area contributed by atoms with E-state index in [1.165, 1.54) is 0 Å². The monoisotopic (exact) mass is 372 g/mol. The Morgan fingerprint density at radius 3 is 2.37 bits per heavy atom. The highest BCUT2D eigenvalue weighted by Crippen LogP contribution is 2.21. The van der Waals surface area contributed by atoms with E-state index in [1.807, 2.05) is 55.5 Å². The molecule has 0 spiro atoms. The highest BCUT2D eigenvalue weighted by Gasteiger charge is 2.13. The molecule has 0 bridgehead atoms. The van der Waals surface area contributed by atoms with Gasteiger partial charge in [-0.05, 0) is 37.0 Å². The van der Waals surface area contributed by atoms with Crippen LogP contribution in [0, 0.1) is 6.92 Å². The SMILES string of the molecule is CCc1cccc(C)c1N[C@@H](C)C(=O)O.NCC(=O)OCc1ccccc1. The van der Waals surface area contributed by atoms with E-state index in [9.17, 15) is 9.59 Å². The van der Waals surface area contributed by atoms with Crippen molar-refractivity contribution >= 4 is 17.6 Å². The molecule has 0 aliphatic rings. The molecular formula is C21H28N2O4. The summed E-state index contributed by atoms with van der Waals surface area (Å²) >= 11 is 0. The summed E-state index contributed by atoms with van der Waals surface area (Å²) in [6, 6.07) is 14.9. The fourth-order valence-corrected chi connectivity index (χ4v) is 2.30. The number of hydrogen-bond donors (Lipinski definition) is 3. The zero-order valence-corrected chi connectivity index (χ0v) is 16.1. The van der Waals surface area contributed by atoms with Crippen molar-refractivity contribution in [2.75, 3.05) is 11.9 Å². The maximum absolute atomic E-state index is 10.8. The molecule has 0 heterocycles. The molecule has 0 saturated carbocycles. The van der Waals surface area contributed by atoms with Gasteiger partial charge >= 0.3 is 11.9 Å². The first-order valence-corrected chi connectivity index (χ1v) is 8.86. The topological polar surface area (TPSA) is 102 Å². The standard InChI is InChI=1S/C12H17NO2.C9H11NO2/c1-4-10-7-5-6-8(2)11(10)13-9(3)12(14)15;10-6-9(11)12-7-8-4-2-1-3-5-8/h5-7,9,13H,4H2,1-3H3,(H,14,15);1-5H,6-7,10H2/t9-;/m0./s1. The number of nitrogens with two attached hydrogens (primary N) is 1. The molecule has 0 amide bonds. The predicted octanol–water partition coefficient (Wildman–Crippen LogP) is 3.13. The van der Waals surface area contributed by atoms with Crippen LogP contribution in [-0.4, -0.2) is 29.6 Å². The Bertz CT molecular complexity index is 732. The van der Waals surface area contributed by atoms with Crippen molar-refractivity contribution in [3.63, 3.8) is 0 Å². The van der Waals surface area contributed by atoms with Gasteiger partial charge in [-0.25, -0.2) is 0 Å². The molecular weight excluding hydrogens is 344 g/mol. The van der Waals surface area contributed by atoms with E-state index in [0.717, 1.165) is 28.8 Å². The summed E-state index contributed by atoms with van der Waals surface area (Å²) in [5, 5.41) is 11.9. The van der Waals surface area contributed by atoms with E-state index >= 15 is 0 Å². The number of para-hydroxylation sites is 1. The summed E-state index contributed by atoms with van der Waals surface area (Å²) in [6.45, 7) is 5.93. The second-order valence-electron chi connectivity index (χ2n) is 6.02. The van der Waals surface area contributed by atoms with Gasteiger partial charge < -0.3 is 20.9 Å². The Balaban J connectivity index is 0.000000277. The Hall–Kier alpha value is -2.86. The lowest BCUT2D eigenvalue weighted by molar-refractivity contribution is -0.143. The van der Waals surface area contributed by atoms with Crippen molar-refractivity contribution in [2.45, 2.75) is 39.8 Å². The molecule has 2 aromatic carbocycles. The van der Waals surface area contributed by atoms with Crippen molar-refractivity contribution in [1.82, 2.24) is 0 Å². The van der Waals surface area contributed by atoms with Crippen LogP contribution in [0.5, 0.6) is 0 Å². The van der Waals surface area contributed by atoms with Gasteiger partial charge in [0.15, 0.2) is 0 Å². The first-order chi connectivity index (χ1) is 12.9. The average Bonchev–Trinajstić information content (AvgIpc) is 2.68. The van der Waals surface area contributed by atoms with Gasteiger partial charge in [0.1, 0.15) is 12.6 Å². The number of carbonyl (C=O) groups is 2. The molecule has 0 aliphatic heterocycles. The lowest BCUT2D eigenvalue weighted by atomic mass is 10.1. The summed E-state index contributed by atoms with van der Waals surface area (Å²) in [6.07, 6.45) is 0.899. The van der Waals surface area contributed by atoms with Crippen LogP contribution in [-0.2, 0) is 27.4 Å². The number of aliphatic carboxylic acids is 1. The van der Waals surface area contributed by atoms with Crippen molar-refractivity contribution in [2.24, 2.45) is 5.73 Å². The first-order valence-electron chi connectivity index (χ1n) is 8.86. The quantitative estimate of drug-likeness (QED) is 0.646. The van der Waals surface area contributed by atoms with Gasteiger partial charge in [0.05, 0.1) is 6.54 Å². The summed E-state index contributed by atoms with van der Waals surface area (Å²) in [5.74, 6) is -1.21. The van der Waals surface area contributed by atoms with Crippen molar-refractivity contribution in [1.29, 1.82) is 0 Å². The smallest absolute Gasteiger partial charge is 0.325 e. The van der Waals surface area contributed by atoms with Crippen LogP contribution < -0.4 is 11.1 Å². The highest BCUT2D eigenvalue weighted by atomic mass is 16.5. The van der Waals surface area contributed by atoms with Crippen LogP contribution >= 0.6 is 0 Å². The van der Waals surface area contributed by atoms with E-state index in [1.54, 1.807) is 6.92 Å². The molecule has 0 fully saturated rings.